The van der Waals surface area contributed by atoms with Gasteiger partial charge in [0, 0.05) is 29.0 Å². The molecule has 0 saturated carbocycles. The van der Waals surface area contributed by atoms with E-state index < -0.39 is 0 Å². The minimum atomic E-state index is 0.754. The number of benzene rings is 1. The molecule has 2 N–H and O–H groups in total. The zero-order valence-electron chi connectivity index (χ0n) is 9.45. The van der Waals surface area contributed by atoms with Gasteiger partial charge >= 0.3 is 0 Å². The summed E-state index contributed by atoms with van der Waals surface area (Å²) in [6.45, 7) is 0. The third kappa shape index (κ3) is 2.08. The molecule has 0 aliphatic carbocycles. The van der Waals surface area contributed by atoms with E-state index in [1.165, 1.54) is 0 Å². The largest absolute Gasteiger partial charge is 0.399 e. The summed E-state index contributed by atoms with van der Waals surface area (Å²) in [6.07, 6.45) is 5.02. The molecule has 18 heavy (non-hydrogen) atoms. The van der Waals surface area contributed by atoms with Crippen LogP contribution in [0.1, 0.15) is 0 Å². The Hall–Kier alpha value is -2.27. The fourth-order valence-corrected chi connectivity index (χ4v) is 2.40. The number of rotatable bonds is 2. The van der Waals surface area contributed by atoms with E-state index in [1.807, 2.05) is 29.6 Å². The monoisotopic (exact) mass is 254 g/mol. The SMILES string of the molecule is Nc1ccc(-c2nc(-c3cnccn3)cs2)cc1. The number of aromatic nitrogens is 3. The molecule has 0 bridgehead atoms. The van der Waals surface area contributed by atoms with E-state index >= 15 is 0 Å². The molecule has 3 rings (SSSR count). The average Bonchev–Trinajstić information content (AvgIpc) is 2.90. The summed E-state index contributed by atoms with van der Waals surface area (Å²) in [4.78, 5) is 12.8. The van der Waals surface area contributed by atoms with Crippen molar-refractivity contribution < 1.29 is 0 Å². The maximum absolute atomic E-state index is 5.67. The van der Waals surface area contributed by atoms with Crippen molar-refractivity contribution in [3.05, 3.63) is 48.2 Å². The van der Waals surface area contributed by atoms with Crippen molar-refractivity contribution in [3.8, 4) is 22.0 Å². The summed E-state index contributed by atoms with van der Waals surface area (Å²) in [5.41, 5.74) is 9.11. The number of nitrogens with two attached hydrogens (primary N) is 1. The molecule has 2 aromatic heterocycles. The Morgan fingerprint density at radius 1 is 1.00 bits per heavy atom. The zero-order chi connectivity index (χ0) is 12.4. The standard InChI is InChI=1S/C13H10N4S/c14-10-3-1-9(2-4-10)13-17-12(8-18-13)11-7-15-5-6-16-11/h1-8H,14H2. The van der Waals surface area contributed by atoms with Crippen LogP contribution in [0, 0.1) is 0 Å². The minimum absolute atomic E-state index is 0.754. The summed E-state index contributed by atoms with van der Waals surface area (Å²) < 4.78 is 0. The molecule has 4 nitrogen and oxygen atoms in total. The second kappa shape index (κ2) is 4.54. The fourth-order valence-electron chi connectivity index (χ4n) is 1.58. The Bertz CT molecular complexity index is 646. The van der Waals surface area contributed by atoms with Crippen molar-refractivity contribution in [2.75, 3.05) is 5.73 Å². The summed E-state index contributed by atoms with van der Waals surface area (Å²) in [5, 5.41) is 2.94. The molecule has 0 aliphatic heterocycles. The van der Waals surface area contributed by atoms with Gasteiger partial charge in [0.1, 0.15) is 16.4 Å². The minimum Gasteiger partial charge on any atom is -0.399 e. The normalized spacial score (nSPS) is 10.4. The summed E-state index contributed by atoms with van der Waals surface area (Å²) >= 11 is 1.58. The van der Waals surface area contributed by atoms with E-state index in [0.29, 0.717) is 0 Å². The van der Waals surface area contributed by atoms with Gasteiger partial charge in [0.2, 0.25) is 0 Å². The van der Waals surface area contributed by atoms with Crippen LogP contribution >= 0.6 is 11.3 Å². The van der Waals surface area contributed by atoms with Gasteiger partial charge < -0.3 is 5.73 Å². The second-order valence-electron chi connectivity index (χ2n) is 3.75. The third-order valence-electron chi connectivity index (χ3n) is 2.49. The van der Waals surface area contributed by atoms with Crippen molar-refractivity contribution in [1.29, 1.82) is 0 Å². The van der Waals surface area contributed by atoms with Crippen LogP contribution in [-0.2, 0) is 0 Å². The lowest BCUT2D eigenvalue weighted by Gasteiger charge is -1.97. The van der Waals surface area contributed by atoms with Gasteiger partial charge in [-0.1, -0.05) is 0 Å². The van der Waals surface area contributed by atoms with Crippen LogP contribution in [0.25, 0.3) is 22.0 Å². The first-order chi connectivity index (χ1) is 8.83. The van der Waals surface area contributed by atoms with Crippen LogP contribution in [0.2, 0.25) is 0 Å². The van der Waals surface area contributed by atoms with Crippen LogP contribution in [-0.4, -0.2) is 15.0 Å². The lowest BCUT2D eigenvalue weighted by atomic mass is 10.2. The number of thiazole rings is 1. The highest BCUT2D eigenvalue weighted by molar-refractivity contribution is 7.13. The molecular weight excluding hydrogens is 244 g/mol. The molecule has 5 heteroatoms. The zero-order valence-corrected chi connectivity index (χ0v) is 10.3. The lowest BCUT2D eigenvalue weighted by Crippen LogP contribution is -1.85. The molecule has 0 unspecified atom stereocenters. The number of hydrogen-bond acceptors (Lipinski definition) is 5. The van der Waals surface area contributed by atoms with Gasteiger partial charge in [-0.05, 0) is 24.3 Å². The van der Waals surface area contributed by atoms with E-state index in [0.717, 1.165) is 27.6 Å². The molecule has 88 valence electrons. The van der Waals surface area contributed by atoms with Crippen LogP contribution < -0.4 is 5.73 Å². The van der Waals surface area contributed by atoms with Crippen molar-refractivity contribution in [1.82, 2.24) is 15.0 Å². The maximum atomic E-state index is 5.67. The fraction of sp³-hybridized carbons (Fsp3) is 0. The third-order valence-corrected chi connectivity index (χ3v) is 3.38. The van der Waals surface area contributed by atoms with Crippen molar-refractivity contribution in [3.63, 3.8) is 0 Å². The van der Waals surface area contributed by atoms with Gasteiger partial charge in [-0.15, -0.1) is 11.3 Å². The quantitative estimate of drug-likeness (QED) is 0.714. The highest BCUT2D eigenvalue weighted by atomic mass is 32.1. The smallest absolute Gasteiger partial charge is 0.124 e. The Labute approximate surface area is 108 Å². The van der Waals surface area contributed by atoms with E-state index in [1.54, 1.807) is 29.9 Å². The number of nitrogens with zero attached hydrogens (tertiary/aromatic N) is 3. The van der Waals surface area contributed by atoms with E-state index in [-0.39, 0.29) is 0 Å². The van der Waals surface area contributed by atoms with Gasteiger partial charge in [0.05, 0.1) is 6.20 Å². The molecule has 0 atom stereocenters. The number of nitrogen functional groups attached to an aromatic ring is 1. The van der Waals surface area contributed by atoms with E-state index in [4.69, 9.17) is 5.73 Å². The predicted molar refractivity (Wildman–Crippen MR) is 73.0 cm³/mol. The maximum Gasteiger partial charge on any atom is 0.124 e. The predicted octanol–water partition coefficient (Wildman–Crippen LogP) is 2.85. The Kier molecular flexibility index (Phi) is 2.74. The molecule has 0 aliphatic rings. The average molecular weight is 254 g/mol. The molecule has 0 fully saturated rings. The number of hydrogen-bond donors (Lipinski definition) is 1. The van der Waals surface area contributed by atoms with Crippen molar-refractivity contribution in [2.24, 2.45) is 0 Å². The Morgan fingerprint density at radius 2 is 1.83 bits per heavy atom. The first-order valence-electron chi connectivity index (χ1n) is 5.41. The van der Waals surface area contributed by atoms with Crippen molar-refractivity contribution >= 4 is 17.0 Å². The van der Waals surface area contributed by atoms with Crippen LogP contribution in [0.15, 0.2) is 48.2 Å². The van der Waals surface area contributed by atoms with E-state index in [2.05, 4.69) is 15.0 Å². The molecule has 2 heterocycles. The summed E-state index contributed by atoms with van der Waals surface area (Å²) in [5.74, 6) is 0. The molecule has 1 aromatic carbocycles. The topological polar surface area (TPSA) is 64.7 Å². The summed E-state index contributed by atoms with van der Waals surface area (Å²) in [6, 6.07) is 7.68. The van der Waals surface area contributed by atoms with Gasteiger partial charge in [-0.2, -0.15) is 0 Å². The first-order valence-corrected chi connectivity index (χ1v) is 6.29. The Balaban J connectivity index is 1.97. The van der Waals surface area contributed by atoms with Gasteiger partial charge in [-0.25, -0.2) is 4.98 Å². The molecular formula is C13H10N4S. The first kappa shape index (κ1) is 10.9. The molecule has 0 amide bonds. The van der Waals surface area contributed by atoms with Crippen LogP contribution in [0.5, 0.6) is 0 Å². The van der Waals surface area contributed by atoms with E-state index in [9.17, 15) is 0 Å². The highest BCUT2D eigenvalue weighted by Crippen LogP contribution is 2.27. The number of anilines is 1. The second-order valence-corrected chi connectivity index (χ2v) is 4.61. The highest BCUT2D eigenvalue weighted by Gasteiger charge is 2.07. The van der Waals surface area contributed by atoms with Gasteiger partial charge in [0.25, 0.3) is 0 Å². The molecule has 0 radical (unpaired) electrons. The van der Waals surface area contributed by atoms with Crippen LogP contribution in [0.4, 0.5) is 5.69 Å². The van der Waals surface area contributed by atoms with Crippen molar-refractivity contribution in [2.45, 2.75) is 0 Å². The summed E-state index contributed by atoms with van der Waals surface area (Å²) in [7, 11) is 0. The van der Waals surface area contributed by atoms with Gasteiger partial charge in [-0.3, -0.25) is 9.97 Å². The molecule has 0 spiro atoms. The Morgan fingerprint density at radius 3 is 2.56 bits per heavy atom. The van der Waals surface area contributed by atoms with Crippen LogP contribution in [0.3, 0.4) is 0 Å². The molecule has 3 aromatic rings. The molecule has 0 saturated heterocycles. The van der Waals surface area contributed by atoms with Gasteiger partial charge in [0.15, 0.2) is 0 Å². The lowest BCUT2D eigenvalue weighted by molar-refractivity contribution is 1.19.